The molecular weight excluding hydrogens is 178 g/mol. The van der Waals surface area contributed by atoms with Crippen LogP contribution in [0.1, 0.15) is 16.2 Å². The normalized spacial score (nSPS) is 10.0. The number of aromatic nitrogens is 2. The molecule has 0 N–H and O–H groups in total. The number of imidazole rings is 1. The van der Waals surface area contributed by atoms with E-state index in [1.807, 2.05) is 6.07 Å². The summed E-state index contributed by atoms with van der Waals surface area (Å²) in [7, 11) is 1.77. The lowest BCUT2D eigenvalue weighted by atomic mass is 10.2. The molecule has 0 bridgehead atoms. The summed E-state index contributed by atoms with van der Waals surface area (Å²) in [5.74, 6) is 0.370. The van der Waals surface area contributed by atoms with Gasteiger partial charge in [-0.3, -0.25) is 4.79 Å². The van der Waals surface area contributed by atoms with Gasteiger partial charge in [0.1, 0.15) is 0 Å². The highest BCUT2D eigenvalue weighted by molar-refractivity contribution is 5.83. The zero-order valence-electron chi connectivity index (χ0n) is 7.56. The summed E-state index contributed by atoms with van der Waals surface area (Å²) in [4.78, 5) is 14.7. The van der Waals surface area contributed by atoms with Gasteiger partial charge < -0.3 is 4.57 Å². The Kier molecular flexibility index (Phi) is 1.79. The minimum atomic E-state index is 0.370. The number of carbonyl (C=O) groups is 1. The average molecular weight is 185 g/mol. The minimum Gasteiger partial charge on any atom is -0.325 e. The molecule has 14 heavy (non-hydrogen) atoms. The fourth-order valence-electron chi connectivity index (χ4n) is 1.39. The summed E-state index contributed by atoms with van der Waals surface area (Å²) < 4.78 is 1.70. The van der Waals surface area contributed by atoms with E-state index in [0.29, 0.717) is 23.2 Å². The summed E-state index contributed by atoms with van der Waals surface area (Å²) in [5.41, 5.74) is 2.08. The Morgan fingerprint density at radius 3 is 3.00 bits per heavy atom. The molecule has 68 valence electrons. The number of rotatable bonds is 1. The van der Waals surface area contributed by atoms with Gasteiger partial charge in [0.05, 0.1) is 22.7 Å². The van der Waals surface area contributed by atoms with Crippen molar-refractivity contribution < 1.29 is 4.79 Å². The maximum absolute atomic E-state index is 10.6. The molecule has 2 rings (SSSR count). The summed E-state index contributed by atoms with van der Waals surface area (Å²) in [6, 6.07) is 7.19. The van der Waals surface area contributed by atoms with E-state index in [9.17, 15) is 4.79 Å². The lowest BCUT2D eigenvalue weighted by Crippen LogP contribution is -1.94. The SMILES string of the molecule is Cn1c(C=O)nc2cc(C#N)ccc21. The second kappa shape index (κ2) is 2.96. The average Bonchev–Trinajstić information content (AvgIpc) is 2.55. The topological polar surface area (TPSA) is 58.7 Å². The molecule has 0 aliphatic carbocycles. The van der Waals surface area contributed by atoms with Crippen LogP contribution in [0.25, 0.3) is 11.0 Å². The summed E-state index contributed by atoms with van der Waals surface area (Å²) in [6.45, 7) is 0. The van der Waals surface area contributed by atoms with E-state index in [1.54, 1.807) is 29.8 Å². The molecule has 0 radical (unpaired) electrons. The van der Waals surface area contributed by atoms with Crippen molar-refractivity contribution in [2.75, 3.05) is 0 Å². The van der Waals surface area contributed by atoms with Gasteiger partial charge >= 0.3 is 0 Å². The van der Waals surface area contributed by atoms with Gasteiger partial charge in [0.2, 0.25) is 0 Å². The summed E-state index contributed by atoms with van der Waals surface area (Å²) >= 11 is 0. The van der Waals surface area contributed by atoms with Crippen molar-refractivity contribution >= 4 is 17.3 Å². The maximum atomic E-state index is 10.6. The van der Waals surface area contributed by atoms with Crippen molar-refractivity contribution in [3.8, 4) is 6.07 Å². The van der Waals surface area contributed by atoms with Crippen LogP contribution in [0.4, 0.5) is 0 Å². The number of carbonyl (C=O) groups excluding carboxylic acids is 1. The quantitative estimate of drug-likeness (QED) is 0.628. The van der Waals surface area contributed by atoms with Crippen molar-refractivity contribution in [2.45, 2.75) is 0 Å². The fourth-order valence-corrected chi connectivity index (χ4v) is 1.39. The molecule has 0 saturated heterocycles. The first kappa shape index (κ1) is 8.45. The fraction of sp³-hybridized carbons (Fsp3) is 0.100. The first-order valence-corrected chi connectivity index (χ1v) is 4.08. The molecule has 1 heterocycles. The molecule has 2 aromatic rings. The smallest absolute Gasteiger partial charge is 0.185 e. The summed E-state index contributed by atoms with van der Waals surface area (Å²) in [6.07, 6.45) is 0.700. The molecule has 0 atom stereocenters. The van der Waals surface area contributed by atoms with Gasteiger partial charge in [0.25, 0.3) is 0 Å². The lowest BCUT2D eigenvalue weighted by Gasteiger charge is -1.94. The van der Waals surface area contributed by atoms with Crippen LogP contribution in [0.5, 0.6) is 0 Å². The van der Waals surface area contributed by atoms with Gasteiger partial charge in [0, 0.05) is 7.05 Å². The van der Waals surface area contributed by atoms with Crippen LogP contribution >= 0.6 is 0 Å². The second-order valence-electron chi connectivity index (χ2n) is 2.96. The van der Waals surface area contributed by atoms with E-state index < -0.39 is 0 Å². The lowest BCUT2D eigenvalue weighted by molar-refractivity contribution is 0.111. The molecule has 0 amide bonds. The molecule has 4 heteroatoms. The first-order chi connectivity index (χ1) is 6.76. The number of aldehydes is 1. The van der Waals surface area contributed by atoms with Crippen molar-refractivity contribution in [3.63, 3.8) is 0 Å². The van der Waals surface area contributed by atoms with Crippen molar-refractivity contribution in [3.05, 3.63) is 29.6 Å². The second-order valence-corrected chi connectivity index (χ2v) is 2.96. The number of benzene rings is 1. The molecular formula is C10H7N3O. The van der Waals surface area contributed by atoms with Crippen molar-refractivity contribution in [1.82, 2.24) is 9.55 Å². The molecule has 1 aromatic carbocycles. The van der Waals surface area contributed by atoms with Crippen LogP contribution in [-0.2, 0) is 7.05 Å². The third kappa shape index (κ3) is 1.07. The van der Waals surface area contributed by atoms with Gasteiger partial charge in [0.15, 0.2) is 12.1 Å². The molecule has 0 aliphatic rings. The van der Waals surface area contributed by atoms with Gasteiger partial charge in [-0.05, 0) is 18.2 Å². The predicted octanol–water partition coefficient (Wildman–Crippen LogP) is 1.26. The van der Waals surface area contributed by atoms with Crippen molar-refractivity contribution in [2.24, 2.45) is 7.05 Å². The Morgan fingerprint density at radius 2 is 2.36 bits per heavy atom. The molecule has 1 aromatic heterocycles. The largest absolute Gasteiger partial charge is 0.325 e. The third-order valence-electron chi connectivity index (χ3n) is 2.15. The van der Waals surface area contributed by atoms with E-state index in [-0.39, 0.29) is 0 Å². The van der Waals surface area contributed by atoms with E-state index in [4.69, 9.17) is 5.26 Å². The van der Waals surface area contributed by atoms with Crippen LogP contribution in [0, 0.1) is 11.3 Å². The Balaban J connectivity index is 2.80. The maximum Gasteiger partial charge on any atom is 0.185 e. The highest BCUT2D eigenvalue weighted by atomic mass is 16.1. The number of nitrogens with zero attached hydrogens (tertiary/aromatic N) is 3. The third-order valence-corrected chi connectivity index (χ3v) is 2.15. The van der Waals surface area contributed by atoms with Crippen LogP contribution < -0.4 is 0 Å². The Morgan fingerprint density at radius 1 is 1.57 bits per heavy atom. The minimum absolute atomic E-state index is 0.370. The molecule has 0 aliphatic heterocycles. The predicted molar refractivity (Wildman–Crippen MR) is 50.8 cm³/mol. The molecule has 0 saturated carbocycles. The van der Waals surface area contributed by atoms with E-state index in [0.717, 1.165) is 5.52 Å². The van der Waals surface area contributed by atoms with Gasteiger partial charge in [-0.25, -0.2) is 4.98 Å². The zero-order chi connectivity index (χ0) is 10.1. The molecule has 0 unspecified atom stereocenters. The Labute approximate surface area is 80.4 Å². The Hall–Kier alpha value is -2.15. The molecule has 0 fully saturated rings. The Bertz CT molecular complexity index is 548. The van der Waals surface area contributed by atoms with Crippen LogP contribution in [0.2, 0.25) is 0 Å². The summed E-state index contributed by atoms with van der Waals surface area (Å²) in [5, 5.41) is 8.68. The van der Waals surface area contributed by atoms with Crippen LogP contribution in [-0.4, -0.2) is 15.8 Å². The molecule has 4 nitrogen and oxygen atoms in total. The molecule has 0 spiro atoms. The van der Waals surface area contributed by atoms with E-state index in [1.165, 1.54) is 0 Å². The standard InChI is InChI=1S/C10H7N3O/c1-13-9-3-2-7(5-11)4-8(9)12-10(13)6-14/h2-4,6H,1H3. The van der Waals surface area contributed by atoms with Crippen molar-refractivity contribution in [1.29, 1.82) is 5.26 Å². The highest BCUT2D eigenvalue weighted by Gasteiger charge is 2.06. The first-order valence-electron chi connectivity index (χ1n) is 4.08. The number of aryl methyl sites for hydroxylation is 1. The van der Waals surface area contributed by atoms with E-state index in [2.05, 4.69) is 4.98 Å². The van der Waals surface area contributed by atoms with E-state index >= 15 is 0 Å². The number of hydrogen-bond acceptors (Lipinski definition) is 3. The van der Waals surface area contributed by atoms with Crippen LogP contribution in [0.15, 0.2) is 18.2 Å². The monoisotopic (exact) mass is 185 g/mol. The van der Waals surface area contributed by atoms with Gasteiger partial charge in [-0.2, -0.15) is 5.26 Å². The number of hydrogen-bond donors (Lipinski definition) is 0. The zero-order valence-corrected chi connectivity index (χ0v) is 7.56. The van der Waals surface area contributed by atoms with Gasteiger partial charge in [-0.15, -0.1) is 0 Å². The number of nitriles is 1. The van der Waals surface area contributed by atoms with Crippen LogP contribution in [0.3, 0.4) is 0 Å². The highest BCUT2D eigenvalue weighted by Crippen LogP contribution is 2.15. The number of fused-ring (bicyclic) bond motifs is 1. The van der Waals surface area contributed by atoms with Gasteiger partial charge in [-0.1, -0.05) is 0 Å².